The molecule has 0 aliphatic rings. The van der Waals surface area contributed by atoms with E-state index in [-0.39, 0.29) is 5.97 Å². The molecule has 0 aromatic rings. The van der Waals surface area contributed by atoms with Gasteiger partial charge in [0.1, 0.15) is 0 Å². The van der Waals surface area contributed by atoms with Crippen molar-refractivity contribution in [1.29, 1.82) is 0 Å². The lowest BCUT2D eigenvalue weighted by Crippen LogP contribution is -2.22. The normalized spacial score (nSPS) is 11.0. The highest BCUT2D eigenvalue weighted by molar-refractivity contribution is 7.92. The van der Waals surface area contributed by atoms with Crippen LogP contribution in [0.4, 0.5) is 0 Å². The van der Waals surface area contributed by atoms with E-state index in [0.717, 1.165) is 11.8 Å². The highest BCUT2D eigenvalue weighted by Crippen LogP contribution is 2.00. The summed E-state index contributed by atoms with van der Waals surface area (Å²) < 4.78 is 28.6. The number of nitrogens with one attached hydrogen (secondary N) is 1. The van der Waals surface area contributed by atoms with Gasteiger partial charge in [-0.3, -0.25) is 4.79 Å². The Morgan fingerprint density at radius 3 is 2.60 bits per heavy atom. The molecule has 1 N–H and O–H groups in total. The molecule has 15 heavy (non-hydrogen) atoms. The van der Waals surface area contributed by atoms with E-state index < -0.39 is 10.0 Å². The molecule has 0 fully saturated rings. The van der Waals surface area contributed by atoms with E-state index in [1.54, 1.807) is 0 Å². The van der Waals surface area contributed by atoms with Gasteiger partial charge in [0.15, 0.2) is 0 Å². The summed E-state index contributed by atoms with van der Waals surface area (Å²) in [6.07, 6.45) is 2.58. The Balaban J connectivity index is 3.41. The topological polar surface area (TPSA) is 72.5 Å². The fourth-order valence-corrected chi connectivity index (χ4v) is 1.49. The minimum Gasteiger partial charge on any atom is -0.469 e. The Morgan fingerprint density at radius 1 is 1.40 bits per heavy atom. The first-order valence-corrected chi connectivity index (χ1v) is 6.25. The highest BCUT2D eigenvalue weighted by Gasteiger charge is 2.02. The molecule has 88 valence electrons. The first-order chi connectivity index (χ1) is 7.02. The Labute approximate surface area is 90.6 Å². The van der Waals surface area contributed by atoms with Crippen molar-refractivity contribution in [2.24, 2.45) is 0 Å². The SMILES string of the molecule is C=CS(=O)(=O)NCCCCCC(=O)OC. The van der Waals surface area contributed by atoms with E-state index in [1.807, 2.05) is 0 Å². The molecule has 0 aliphatic heterocycles. The summed E-state index contributed by atoms with van der Waals surface area (Å²) >= 11 is 0. The molecule has 0 unspecified atom stereocenters. The number of carbonyl (C=O) groups is 1. The maximum atomic E-state index is 10.9. The monoisotopic (exact) mass is 235 g/mol. The van der Waals surface area contributed by atoms with Crippen LogP contribution in [0.2, 0.25) is 0 Å². The molecule has 0 aromatic carbocycles. The third kappa shape index (κ3) is 8.14. The average Bonchev–Trinajstić information content (AvgIpc) is 2.22. The van der Waals surface area contributed by atoms with E-state index in [4.69, 9.17) is 0 Å². The second kappa shape index (κ2) is 7.42. The predicted octanol–water partition coefficient (Wildman–Crippen LogP) is 0.783. The molecular weight excluding hydrogens is 218 g/mol. The van der Waals surface area contributed by atoms with Crippen LogP contribution in [0.25, 0.3) is 0 Å². The summed E-state index contributed by atoms with van der Waals surface area (Å²) in [5, 5.41) is 0.876. The molecule has 5 nitrogen and oxygen atoms in total. The van der Waals surface area contributed by atoms with Crippen molar-refractivity contribution in [3.8, 4) is 0 Å². The van der Waals surface area contributed by atoms with Crippen LogP contribution in [-0.2, 0) is 19.6 Å². The highest BCUT2D eigenvalue weighted by atomic mass is 32.2. The molecular formula is C9H17NO4S. The molecule has 6 heteroatoms. The van der Waals surface area contributed by atoms with E-state index in [2.05, 4.69) is 16.0 Å². The number of hydrogen-bond acceptors (Lipinski definition) is 4. The van der Waals surface area contributed by atoms with Crippen LogP contribution < -0.4 is 4.72 Å². The van der Waals surface area contributed by atoms with Gasteiger partial charge in [0.2, 0.25) is 10.0 Å². The van der Waals surface area contributed by atoms with Gasteiger partial charge in [-0.05, 0) is 12.8 Å². The van der Waals surface area contributed by atoms with Gasteiger partial charge in [0, 0.05) is 18.4 Å². The fraction of sp³-hybridized carbons (Fsp3) is 0.667. The van der Waals surface area contributed by atoms with Gasteiger partial charge in [0.25, 0.3) is 0 Å². The van der Waals surface area contributed by atoms with Gasteiger partial charge in [0.05, 0.1) is 7.11 Å². The number of esters is 1. The average molecular weight is 235 g/mol. The Kier molecular flexibility index (Phi) is 6.98. The number of sulfonamides is 1. The number of carbonyl (C=O) groups excluding carboxylic acids is 1. The zero-order valence-electron chi connectivity index (χ0n) is 8.86. The number of methoxy groups -OCH3 is 1. The van der Waals surface area contributed by atoms with Crippen molar-refractivity contribution in [3.63, 3.8) is 0 Å². The predicted molar refractivity (Wildman–Crippen MR) is 57.6 cm³/mol. The summed E-state index contributed by atoms with van der Waals surface area (Å²) in [5.41, 5.74) is 0. The Hall–Kier alpha value is -0.880. The first kappa shape index (κ1) is 14.1. The molecule has 0 heterocycles. The lowest BCUT2D eigenvalue weighted by molar-refractivity contribution is -0.140. The van der Waals surface area contributed by atoms with Gasteiger partial charge < -0.3 is 4.74 Å². The Bertz CT molecular complexity index is 297. The van der Waals surface area contributed by atoms with Crippen LogP contribution in [0.15, 0.2) is 12.0 Å². The second-order valence-electron chi connectivity index (χ2n) is 2.99. The van der Waals surface area contributed by atoms with Crippen molar-refractivity contribution in [3.05, 3.63) is 12.0 Å². The van der Waals surface area contributed by atoms with Crippen molar-refractivity contribution in [2.75, 3.05) is 13.7 Å². The van der Waals surface area contributed by atoms with E-state index in [0.29, 0.717) is 25.8 Å². The molecule has 0 spiro atoms. The van der Waals surface area contributed by atoms with Crippen LogP contribution in [0.1, 0.15) is 25.7 Å². The van der Waals surface area contributed by atoms with E-state index in [9.17, 15) is 13.2 Å². The molecule has 0 atom stereocenters. The number of hydrogen-bond donors (Lipinski definition) is 1. The van der Waals surface area contributed by atoms with Crippen LogP contribution in [0.3, 0.4) is 0 Å². The van der Waals surface area contributed by atoms with Gasteiger partial charge in [-0.15, -0.1) is 0 Å². The zero-order chi connectivity index (χ0) is 11.7. The summed E-state index contributed by atoms with van der Waals surface area (Å²) in [7, 11) is -1.96. The molecule has 0 rings (SSSR count). The quantitative estimate of drug-likeness (QED) is 0.498. The van der Waals surface area contributed by atoms with Crippen LogP contribution in [-0.4, -0.2) is 28.0 Å². The van der Waals surface area contributed by atoms with Gasteiger partial charge in [-0.25, -0.2) is 13.1 Å². The van der Waals surface area contributed by atoms with Gasteiger partial charge in [-0.2, -0.15) is 0 Å². The molecule has 0 saturated carbocycles. The van der Waals surface area contributed by atoms with Gasteiger partial charge >= 0.3 is 5.97 Å². The van der Waals surface area contributed by atoms with Crippen molar-refractivity contribution < 1.29 is 17.9 Å². The van der Waals surface area contributed by atoms with Crippen molar-refractivity contribution in [2.45, 2.75) is 25.7 Å². The molecule has 0 saturated heterocycles. The third-order valence-corrected chi connectivity index (χ3v) is 2.85. The Morgan fingerprint density at radius 2 is 2.07 bits per heavy atom. The zero-order valence-corrected chi connectivity index (χ0v) is 9.68. The minimum absolute atomic E-state index is 0.235. The lowest BCUT2D eigenvalue weighted by atomic mass is 10.2. The standard InChI is InChI=1S/C9H17NO4S/c1-3-15(12,13)10-8-6-4-5-7-9(11)14-2/h3,10H,1,4-8H2,2H3. The first-order valence-electron chi connectivity index (χ1n) is 4.71. The molecule has 0 radical (unpaired) electrons. The molecule has 0 amide bonds. The van der Waals surface area contributed by atoms with Crippen LogP contribution in [0.5, 0.6) is 0 Å². The molecule has 0 bridgehead atoms. The number of unbranched alkanes of at least 4 members (excludes halogenated alkanes) is 2. The minimum atomic E-state index is -3.31. The summed E-state index contributed by atoms with van der Waals surface area (Å²) in [5.74, 6) is -0.235. The van der Waals surface area contributed by atoms with Crippen molar-refractivity contribution >= 4 is 16.0 Å². The maximum absolute atomic E-state index is 10.9. The number of rotatable bonds is 8. The largest absolute Gasteiger partial charge is 0.469 e. The van der Waals surface area contributed by atoms with E-state index in [1.165, 1.54) is 7.11 Å². The van der Waals surface area contributed by atoms with Crippen LogP contribution in [0, 0.1) is 0 Å². The second-order valence-corrected chi connectivity index (χ2v) is 4.70. The lowest BCUT2D eigenvalue weighted by Gasteiger charge is -2.02. The van der Waals surface area contributed by atoms with Crippen molar-refractivity contribution in [1.82, 2.24) is 4.72 Å². The fourth-order valence-electron chi connectivity index (χ4n) is 0.947. The number of ether oxygens (including phenoxy) is 1. The smallest absolute Gasteiger partial charge is 0.305 e. The summed E-state index contributed by atoms with van der Waals surface area (Å²) in [4.78, 5) is 10.7. The summed E-state index contributed by atoms with van der Waals surface area (Å²) in [6.45, 7) is 3.54. The van der Waals surface area contributed by atoms with Gasteiger partial charge in [-0.1, -0.05) is 13.0 Å². The molecule has 0 aromatic heterocycles. The van der Waals surface area contributed by atoms with E-state index >= 15 is 0 Å². The van der Waals surface area contributed by atoms with Crippen LogP contribution >= 0.6 is 0 Å². The summed E-state index contributed by atoms with van der Waals surface area (Å²) in [6, 6.07) is 0. The third-order valence-electron chi connectivity index (χ3n) is 1.81. The molecule has 0 aliphatic carbocycles. The maximum Gasteiger partial charge on any atom is 0.305 e.